The van der Waals surface area contributed by atoms with E-state index in [-0.39, 0.29) is 11.4 Å². The van der Waals surface area contributed by atoms with Crippen molar-refractivity contribution in [2.45, 2.75) is 32.7 Å². The average Bonchev–Trinajstić information content (AvgIpc) is 2.44. The minimum Gasteiger partial charge on any atom is -0.384 e. The van der Waals surface area contributed by atoms with Crippen LogP contribution in [0.3, 0.4) is 0 Å². The lowest BCUT2D eigenvalue weighted by atomic mass is 10.0. The molecule has 2 rings (SSSR count). The standard InChI is InChI=1S/C16H24N2O2/c1-4-9-17-14-8-6-5-7-13(14)15(19)18-10-11-20-12-16(18,2)3/h5-8,17H,4,9-12H2,1-3H3. The smallest absolute Gasteiger partial charge is 0.256 e. The molecule has 0 spiro atoms. The Hall–Kier alpha value is -1.55. The molecule has 0 aromatic heterocycles. The zero-order valence-electron chi connectivity index (χ0n) is 12.6. The molecule has 1 N–H and O–H groups in total. The predicted molar refractivity (Wildman–Crippen MR) is 81.2 cm³/mol. The first-order chi connectivity index (χ1) is 9.56. The molecule has 0 atom stereocenters. The van der Waals surface area contributed by atoms with E-state index in [0.29, 0.717) is 19.8 Å². The van der Waals surface area contributed by atoms with Gasteiger partial charge < -0.3 is 15.0 Å². The topological polar surface area (TPSA) is 41.6 Å². The van der Waals surface area contributed by atoms with Gasteiger partial charge in [0.1, 0.15) is 0 Å². The van der Waals surface area contributed by atoms with Crippen molar-refractivity contribution >= 4 is 11.6 Å². The van der Waals surface area contributed by atoms with Crippen molar-refractivity contribution < 1.29 is 9.53 Å². The van der Waals surface area contributed by atoms with E-state index in [9.17, 15) is 4.79 Å². The van der Waals surface area contributed by atoms with Crippen LogP contribution in [0.1, 0.15) is 37.6 Å². The summed E-state index contributed by atoms with van der Waals surface area (Å²) in [6, 6.07) is 7.74. The molecule has 1 heterocycles. The summed E-state index contributed by atoms with van der Waals surface area (Å²) >= 11 is 0. The Morgan fingerprint density at radius 2 is 2.15 bits per heavy atom. The summed E-state index contributed by atoms with van der Waals surface area (Å²) < 4.78 is 5.49. The van der Waals surface area contributed by atoms with Crippen LogP contribution in [0.15, 0.2) is 24.3 Å². The molecule has 0 bridgehead atoms. The Labute approximate surface area is 121 Å². The van der Waals surface area contributed by atoms with Crippen molar-refractivity contribution in [1.29, 1.82) is 0 Å². The van der Waals surface area contributed by atoms with Crippen LogP contribution in [0, 0.1) is 0 Å². The third-order valence-corrected chi connectivity index (χ3v) is 3.61. The fourth-order valence-corrected chi connectivity index (χ4v) is 2.46. The third kappa shape index (κ3) is 3.12. The summed E-state index contributed by atoms with van der Waals surface area (Å²) in [5, 5.41) is 3.33. The summed E-state index contributed by atoms with van der Waals surface area (Å²) in [5.41, 5.74) is 1.41. The van der Waals surface area contributed by atoms with Crippen molar-refractivity contribution in [3.05, 3.63) is 29.8 Å². The summed E-state index contributed by atoms with van der Waals surface area (Å²) in [4.78, 5) is 14.7. The van der Waals surface area contributed by atoms with Crippen molar-refractivity contribution in [2.24, 2.45) is 0 Å². The van der Waals surface area contributed by atoms with Crippen LogP contribution >= 0.6 is 0 Å². The van der Waals surface area contributed by atoms with Gasteiger partial charge in [-0.05, 0) is 32.4 Å². The summed E-state index contributed by atoms with van der Waals surface area (Å²) in [5.74, 6) is 0.0810. The molecule has 0 radical (unpaired) electrons. The largest absolute Gasteiger partial charge is 0.384 e. The second-order valence-electron chi connectivity index (χ2n) is 5.79. The Bertz CT molecular complexity index is 471. The second kappa shape index (κ2) is 6.27. The van der Waals surface area contributed by atoms with E-state index in [4.69, 9.17) is 4.74 Å². The minimum atomic E-state index is -0.257. The first-order valence-corrected chi connectivity index (χ1v) is 7.29. The van der Waals surface area contributed by atoms with Gasteiger partial charge in [-0.3, -0.25) is 4.79 Å². The van der Waals surface area contributed by atoms with E-state index in [2.05, 4.69) is 12.2 Å². The van der Waals surface area contributed by atoms with Crippen LogP contribution in [0.5, 0.6) is 0 Å². The zero-order valence-corrected chi connectivity index (χ0v) is 12.6. The Balaban J connectivity index is 2.24. The molecule has 4 nitrogen and oxygen atoms in total. The Kier molecular flexibility index (Phi) is 4.65. The van der Waals surface area contributed by atoms with Crippen LogP contribution in [-0.2, 0) is 4.74 Å². The van der Waals surface area contributed by atoms with Crippen LogP contribution in [-0.4, -0.2) is 42.6 Å². The number of hydrogen-bond donors (Lipinski definition) is 1. The van der Waals surface area contributed by atoms with Gasteiger partial charge in [0, 0.05) is 18.8 Å². The highest BCUT2D eigenvalue weighted by atomic mass is 16.5. The van der Waals surface area contributed by atoms with Gasteiger partial charge in [-0.2, -0.15) is 0 Å². The van der Waals surface area contributed by atoms with E-state index in [1.807, 2.05) is 43.0 Å². The van der Waals surface area contributed by atoms with E-state index in [0.717, 1.165) is 24.2 Å². The van der Waals surface area contributed by atoms with E-state index < -0.39 is 0 Å². The van der Waals surface area contributed by atoms with Gasteiger partial charge in [0.2, 0.25) is 0 Å². The van der Waals surface area contributed by atoms with Crippen molar-refractivity contribution in [3.8, 4) is 0 Å². The number of nitrogens with zero attached hydrogens (tertiary/aromatic N) is 1. The fraction of sp³-hybridized carbons (Fsp3) is 0.562. The lowest BCUT2D eigenvalue weighted by molar-refractivity contribution is -0.0370. The number of benzene rings is 1. The number of nitrogens with one attached hydrogen (secondary N) is 1. The molecule has 1 aromatic carbocycles. The molecule has 4 heteroatoms. The number of carbonyl (C=O) groups is 1. The normalized spacial score (nSPS) is 17.9. The van der Waals surface area contributed by atoms with E-state index in [1.54, 1.807) is 0 Å². The quantitative estimate of drug-likeness (QED) is 0.919. The van der Waals surface area contributed by atoms with E-state index in [1.165, 1.54) is 0 Å². The lowest BCUT2D eigenvalue weighted by Crippen LogP contribution is -2.55. The monoisotopic (exact) mass is 276 g/mol. The minimum absolute atomic E-state index is 0.0810. The third-order valence-electron chi connectivity index (χ3n) is 3.61. The SMILES string of the molecule is CCCNc1ccccc1C(=O)N1CCOCC1(C)C. The van der Waals surface area contributed by atoms with Crippen LogP contribution in [0.4, 0.5) is 5.69 Å². The lowest BCUT2D eigenvalue weighted by Gasteiger charge is -2.42. The van der Waals surface area contributed by atoms with Gasteiger partial charge in [0.15, 0.2) is 0 Å². The highest BCUT2D eigenvalue weighted by Crippen LogP contribution is 2.25. The Morgan fingerprint density at radius 3 is 2.85 bits per heavy atom. The van der Waals surface area contributed by atoms with Crippen LogP contribution in [0.25, 0.3) is 0 Å². The fourth-order valence-electron chi connectivity index (χ4n) is 2.46. The molecule has 1 saturated heterocycles. The number of hydrogen-bond acceptors (Lipinski definition) is 3. The number of amides is 1. The Morgan fingerprint density at radius 1 is 1.40 bits per heavy atom. The maximum absolute atomic E-state index is 12.8. The molecule has 0 aliphatic carbocycles. The van der Waals surface area contributed by atoms with Gasteiger partial charge in [0.05, 0.1) is 24.3 Å². The molecule has 110 valence electrons. The maximum Gasteiger partial charge on any atom is 0.256 e. The molecule has 1 aromatic rings. The maximum atomic E-state index is 12.8. The molecule has 0 unspecified atom stereocenters. The first-order valence-electron chi connectivity index (χ1n) is 7.29. The molecule has 1 fully saturated rings. The van der Waals surface area contributed by atoms with Gasteiger partial charge in [0.25, 0.3) is 5.91 Å². The van der Waals surface area contributed by atoms with E-state index >= 15 is 0 Å². The van der Waals surface area contributed by atoms with Gasteiger partial charge in [-0.25, -0.2) is 0 Å². The van der Waals surface area contributed by atoms with Gasteiger partial charge in [-0.15, -0.1) is 0 Å². The number of carbonyl (C=O) groups excluding carboxylic acids is 1. The highest BCUT2D eigenvalue weighted by molar-refractivity contribution is 6.00. The van der Waals surface area contributed by atoms with Gasteiger partial charge >= 0.3 is 0 Å². The van der Waals surface area contributed by atoms with Crippen molar-refractivity contribution in [2.75, 3.05) is 31.6 Å². The number of morpholine rings is 1. The van der Waals surface area contributed by atoms with Crippen LogP contribution in [0.2, 0.25) is 0 Å². The summed E-state index contributed by atoms with van der Waals surface area (Å²) in [7, 11) is 0. The molecule has 1 amide bonds. The molecular weight excluding hydrogens is 252 g/mol. The molecule has 20 heavy (non-hydrogen) atoms. The number of ether oxygens (including phenoxy) is 1. The van der Waals surface area contributed by atoms with Gasteiger partial charge in [-0.1, -0.05) is 19.1 Å². The second-order valence-corrected chi connectivity index (χ2v) is 5.79. The molecule has 1 aliphatic rings. The number of anilines is 1. The highest BCUT2D eigenvalue weighted by Gasteiger charge is 2.35. The summed E-state index contributed by atoms with van der Waals surface area (Å²) in [6.45, 7) is 8.93. The molecule has 0 saturated carbocycles. The summed E-state index contributed by atoms with van der Waals surface area (Å²) in [6.07, 6.45) is 1.03. The van der Waals surface area contributed by atoms with Crippen molar-refractivity contribution in [1.82, 2.24) is 4.90 Å². The molecular formula is C16H24N2O2. The van der Waals surface area contributed by atoms with Crippen LogP contribution < -0.4 is 5.32 Å². The average molecular weight is 276 g/mol. The number of para-hydroxylation sites is 1. The molecule has 1 aliphatic heterocycles. The predicted octanol–water partition coefficient (Wildman–Crippen LogP) is 2.76. The zero-order chi connectivity index (χ0) is 14.6. The van der Waals surface area contributed by atoms with Crippen molar-refractivity contribution in [3.63, 3.8) is 0 Å². The first kappa shape index (κ1) is 14.9. The number of rotatable bonds is 4.